The Kier molecular flexibility index (Phi) is 7.06. The highest BCUT2D eigenvalue weighted by molar-refractivity contribution is 5.36. The van der Waals surface area contributed by atoms with Crippen molar-refractivity contribution in [2.24, 2.45) is 0 Å². The lowest BCUT2D eigenvalue weighted by Crippen LogP contribution is -2.24. The first-order valence-electron chi connectivity index (χ1n) is 9.13. The molecule has 3 aromatic carbocycles. The molecule has 3 aromatic rings. The molecular weight excluding hydrogens is 340 g/mol. The molecule has 2 nitrogen and oxygen atoms in total. The van der Waals surface area contributed by atoms with E-state index in [0.717, 1.165) is 23.2 Å². The second kappa shape index (κ2) is 10.4. The number of benzene rings is 3. The summed E-state index contributed by atoms with van der Waals surface area (Å²) in [5, 5.41) is 8.96. The van der Waals surface area contributed by atoms with E-state index in [1.807, 2.05) is 84.9 Å². The quantitative estimate of drug-likeness (QED) is 0.642. The van der Waals surface area contributed by atoms with Crippen LogP contribution in [0.1, 0.15) is 22.3 Å². The van der Waals surface area contributed by atoms with Crippen molar-refractivity contribution in [3.8, 4) is 29.8 Å². The third-order valence-electron chi connectivity index (χ3n) is 4.11. The molecular formula is C26H20N2. The summed E-state index contributed by atoms with van der Waals surface area (Å²) in [6.07, 6.45) is 0. The van der Waals surface area contributed by atoms with Crippen molar-refractivity contribution < 1.29 is 0 Å². The lowest BCUT2D eigenvalue weighted by atomic mass is 10.1. The number of nitriles is 1. The Morgan fingerprint density at radius 1 is 0.607 bits per heavy atom. The van der Waals surface area contributed by atoms with Crippen LogP contribution in [-0.4, -0.2) is 18.0 Å². The van der Waals surface area contributed by atoms with E-state index < -0.39 is 0 Å². The summed E-state index contributed by atoms with van der Waals surface area (Å²) in [5.41, 5.74) is 3.83. The van der Waals surface area contributed by atoms with Gasteiger partial charge in [0.25, 0.3) is 0 Å². The average Bonchev–Trinajstić information content (AvgIpc) is 2.75. The molecule has 0 N–H and O–H groups in total. The summed E-state index contributed by atoms with van der Waals surface area (Å²) in [4.78, 5) is 2.20. The largest absolute Gasteiger partial charge is 0.277 e. The lowest BCUT2D eigenvalue weighted by molar-refractivity contribution is 0.337. The van der Waals surface area contributed by atoms with Crippen LogP contribution >= 0.6 is 0 Å². The Labute approximate surface area is 167 Å². The van der Waals surface area contributed by atoms with E-state index in [0.29, 0.717) is 18.7 Å². The molecule has 0 aromatic heterocycles. The molecule has 0 atom stereocenters. The van der Waals surface area contributed by atoms with Crippen LogP contribution in [0.25, 0.3) is 0 Å². The lowest BCUT2D eigenvalue weighted by Gasteiger charge is -2.16. The van der Waals surface area contributed by atoms with Crippen molar-refractivity contribution in [2.45, 2.75) is 6.54 Å². The highest BCUT2D eigenvalue weighted by Gasteiger charge is 2.03. The van der Waals surface area contributed by atoms with Gasteiger partial charge in [0, 0.05) is 17.7 Å². The summed E-state index contributed by atoms with van der Waals surface area (Å²) >= 11 is 0. The molecule has 3 rings (SSSR count). The van der Waals surface area contributed by atoms with Gasteiger partial charge in [-0.25, -0.2) is 0 Å². The molecule has 0 saturated heterocycles. The zero-order valence-corrected chi connectivity index (χ0v) is 15.6. The second-order valence-electron chi connectivity index (χ2n) is 6.29. The number of hydrogen-bond donors (Lipinski definition) is 0. The van der Waals surface area contributed by atoms with Crippen LogP contribution in [0.4, 0.5) is 0 Å². The van der Waals surface area contributed by atoms with Crippen LogP contribution in [0, 0.1) is 35.0 Å². The van der Waals surface area contributed by atoms with Gasteiger partial charge >= 0.3 is 0 Å². The summed E-state index contributed by atoms with van der Waals surface area (Å²) in [7, 11) is 0. The highest BCUT2D eigenvalue weighted by Crippen LogP contribution is 2.07. The van der Waals surface area contributed by atoms with Gasteiger partial charge in [0.15, 0.2) is 0 Å². The normalized spacial score (nSPS) is 9.57. The van der Waals surface area contributed by atoms with Crippen LogP contribution < -0.4 is 0 Å². The fraction of sp³-hybridized carbons (Fsp3) is 0.115. The smallest absolute Gasteiger partial charge is 0.0991 e. The van der Waals surface area contributed by atoms with E-state index in [1.54, 1.807) is 0 Å². The Bertz CT molecular complexity index is 979. The molecule has 0 fully saturated rings. The van der Waals surface area contributed by atoms with Gasteiger partial charge in [0.05, 0.1) is 24.7 Å². The van der Waals surface area contributed by atoms with Crippen molar-refractivity contribution in [3.63, 3.8) is 0 Å². The van der Waals surface area contributed by atoms with Crippen LogP contribution in [0.5, 0.6) is 0 Å². The van der Waals surface area contributed by atoms with Crippen LogP contribution in [-0.2, 0) is 6.54 Å². The van der Waals surface area contributed by atoms with Crippen LogP contribution in [0.3, 0.4) is 0 Å². The van der Waals surface area contributed by atoms with Crippen LogP contribution in [0.2, 0.25) is 0 Å². The first-order valence-corrected chi connectivity index (χ1v) is 9.13. The van der Waals surface area contributed by atoms with Crippen LogP contribution in [0.15, 0.2) is 84.9 Å². The molecule has 134 valence electrons. The van der Waals surface area contributed by atoms with Crippen molar-refractivity contribution >= 4 is 0 Å². The van der Waals surface area contributed by atoms with Crippen molar-refractivity contribution in [1.29, 1.82) is 5.26 Å². The molecule has 0 unspecified atom stereocenters. The fourth-order valence-electron chi connectivity index (χ4n) is 2.66. The molecule has 28 heavy (non-hydrogen) atoms. The van der Waals surface area contributed by atoms with Gasteiger partial charge in [-0.1, -0.05) is 72.2 Å². The maximum absolute atomic E-state index is 8.96. The highest BCUT2D eigenvalue weighted by atomic mass is 15.1. The zero-order valence-electron chi connectivity index (χ0n) is 15.6. The minimum Gasteiger partial charge on any atom is -0.277 e. The van der Waals surface area contributed by atoms with Gasteiger partial charge in [0.1, 0.15) is 0 Å². The topological polar surface area (TPSA) is 27.0 Å². The summed E-state index contributed by atoms with van der Waals surface area (Å²) in [6, 6.07) is 29.8. The SMILES string of the molecule is N#Cc1ccc(CN(CC#Cc2ccccc2)CC#Cc2ccccc2)cc1. The molecule has 0 radical (unpaired) electrons. The summed E-state index contributed by atoms with van der Waals surface area (Å²) in [6.45, 7) is 1.98. The number of nitrogens with zero attached hydrogens (tertiary/aromatic N) is 2. The zero-order chi connectivity index (χ0) is 19.4. The predicted octanol–water partition coefficient (Wildman–Crippen LogP) is 4.46. The van der Waals surface area contributed by atoms with Gasteiger partial charge in [-0.15, -0.1) is 0 Å². The first-order chi connectivity index (χ1) is 13.8. The Hall–Kier alpha value is -3.77. The molecule has 0 aliphatic carbocycles. The standard InChI is InChI=1S/C26H20N2/c27-21-25-15-17-26(18-16-25)22-28(19-7-13-23-9-3-1-4-10-23)20-8-14-24-11-5-2-6-12-24/h1-6,9-12,15-18H,19-20,22H2. The van der Waals surface area contributed by atoms with Gasteiger partial charge < -0.3 is 0 Å². The average molecular weight is 360 g/mol. The first kappa shape index (κ1) is 19.0. The second-order valence-corrected chi connectivity index (χ2v) is 6.29. The van der Waals surface area contributed by atoms with E-state index in [-0.39, 0.29) is 0 Å². The molecule has 0 saturated carbocycles. The van der Waals surface area contributed by atoms with Gasteiger partial charge in [-0.05, 0) is 42.0 Å². The molecule has 0 heterocycles. The minimum atomic E-state index is 0.623. The summed E-state index contributed by atoms with van der Waals surface area (Å²) < 4.78 is 0. The Balaban J connectivity index is 1.70. The third kappa shape index (κ3) is 6.19. The Morgan fingerprint density at radius 3 is 1.57 bits per heavy atom. The van der Waals surface area contributed by atoms with Crippen molar-refractivity contribution in [2.75, 3.05) is 13.1 Å². The maximum atomic E-state index is 8.96. The maximum Gasteiger partial charge on any atom is 0.0991 e. The molecule has 0 aliphatic heterocycles. The van der Waals surface area contributed by atoms with Crippen molar-refractivity contribution in [3.05, 3.63) is 107 Å². The van der Waals surface area contributed by atoms with E-state index in [1.165, 1.54) is 0 Å². The van der Waals surface area contributed by atoms with E-state index in [4.69, 9.17) is 5.26 Å². The molecule has 0 spiro atoms. The number of hydrogen-bond acceptors (Lipinski definition) is 2. The molecule has 0 bridgehead atoms. The Morgan fingerprint density at radius 2 is 1.11 bits per heavy atom. The fourth-order valence-corrected chi connectivity index (χ4v) is 2.66. The third-order valence-corrected chi connectivity index (χ3v) is 4.11. The molecule has 0 amide bonds. The minimum absolute atomic E-state index is 0.623. The van der Waals surface area contributed by atoms with Crippen molar-refractivity contribution in [1.82, 2.24) is 4.90 Å². The molecule has 2 heteroatoms. The van der Waals surface area contributed by atoms with Gasteiger partial charge in [-0.3, -0.25) is 4.90 Å². The van der Waals surface area contributed by atoms with E-state index >= 15 is 0 Å². The van der Waals surface area contributed by atoms with E-state index in [9.17, 15) is 0 Å². The van der Waals surface area contributed by atoms with E-state index in [2.05, 4.69) is 34.7 Å². The molecule has 0 aliphatic rings. The van der Waals surface area contributed by atoms with Gasteiger partial charge in [-0.2, -0.15) is 5.26 Å². The predicted molar refractivity (Wildman–Crippen MR) is 113 cm³/mol. The van der Waals surface area contributed by atoms with Gasteiger partial charge in [0.2, 0.25) is 0 Å². The number of rotatable bonds is 4. The summed E-state index contributed by atoms with van der Waals surface area (Å²) in [5.74, 6) is 12.9. The monoisotopic (exact) mass is 360 g/mol.